The number of nitrogens with zero attached hydrogens (tertiary/aromatic N) is 2. The lowest BCUT2D eigenvalue weighted by Gasteiger charge is -2.41. The highest BCUT2D eigenvalue weighted by molar-refractivity contribution is 6.01. The molecule has 1 spiro atoms. The maximum absolute atomic E-state index is 15.3. The van der Waals surface area contributed by atoms with Crippen molar-refractivity contribution in [3.05, 3.63) is 185 Å². The Hall–Kier alpha value is -6.25. The van der Waals surface area contributed by atoms with Crippen molar-refractivity contribution in [3.63, 3.8) is 0 Å². The smallest absolute Gasteiger partial charge is 0.123 e. The van der Waals surface area contributed by atoms with Crippen molar-refractivity contribution in [2.24, 2.45) is 0 Å². The fourth-order valence-corrected chi connectivity index (χ4v) is 8.19. The summed E-state index contributed by atoms with van der Waals surface area (Å²) >= 11 is 0. The Morgan fingerprint density at radius 1 is 0.592 bits per heavy atom. The number of anilines is 5. The molecule has 0 amide bonds. The van der Waals surface area contributed by atoms with Gasteiger partial charge in [-0.1, -0.05) is 60.5 Å². The van der Waals surface area contributed by atoms with Crippen LogP contribution in [0.15, 0.2) is 145 Å². The number of benzene rings is 6. The molecule has 0 radical (unpaired) electrons. The van der Waals surface area contributed by atoms with Crippen LogP contribution in [0.3, 0.4) is 0 Å². The lowest BCUT2D eigenvalue weighted by molar-refractivity contribution is 0.613. The van der Waals surface area contributed by atoms with Crippen LogP contribution in [0.5, 0.6) is 0 Å². The first-order valence-electron chi connectivity index (χ1n) is 16.0. The summed E-state index contributed by atoms with van der Waals surface area (Å²) in [5.41, 5.74) is 10.8. The number of hydrogen-bond acceptors (Lipinski definition) is 2. The Labute approximate surface area is 282 Å². The lowest BCUT2D eigenvalue weighted by Crippen LogP contribution is -2.28. The summed E-state index contributed by atoms with van der Waals surface area (Å²) in [5.74, 6) is 1.32. The molecule has 234 valence electrons. The second-order valence-corrected chi connectivity index (χ2v) is 12.5. The molecule has 0 saturated heterocycles. The van der Waals surface area contributed by atoms with Crippen LogP contribution >= 0.6 is 0 Å². The minimum absolute atomic E-state index is 0.409. The minimum Gasteiger partial charge on any atom is -0.310 e. The average molecular weight is 641 g/mol. The van der Waals surface area contributed by atoms with Gasteiger partial charge in [0.2, 0.25) is 0 Å². The van der Waals surface area contributed by atoms with Crippen molar-refractivity contribution in [3.8, 4) is 34.6 Å². The van der Waals surface area contributed by atoms with E-state index in [1.807, 2.05) is 43.3 Å². The molecule has 5 heteroatoms. The molecule has 2 nitrogen and oxygen atoms in total. The van der Waals surface area contributed by atoms with Gasteiger partial charge in [0.15, 0.2) is 0 Å². The second kappa shape index (κ2) is 10.6. The zero-order chi connectivity index (χ0) is 33.4. The largest absolute Gasteiger partial charge is 0.310 e. The van der Waals surface area contributed by atoms with E-state index in [1.54, 1.807) is 24.3 Å². The summed E-state index contributed by atoms with van der Waals surface area (Å²) in [6, 6.07) is 36.8. The molecule has 2 aliphatic carbocycles. The standard InChI is InChI=1S/C44H27F3N2/c1-3-4-5-10-27(2)48-40-11-6-8-13-42(40)49(43-14-9-7-12-41(43)48)31-18-22-35-34-21-17-30(47)25-38(34)44(39(35)26-31)36-23-28(45)15-19-32(36)33-20-16-29(46)24-37(33)44/h1,4-26H,2H3. The van der Waals surface area contributed by atoms with Crippen molar-refractivity contribution in [2.75, 3.05) is 9.80 Å². The monoisotopic (exact) mass is 640 g/mol. The number of halogens is 3. The predicted molar refractivity (Wildman–Crippen MR) is 191 cm³/mol. The molecule has 0 unspecified atom stereocenters. The van der Waals surface area contributed by atoms with Gasteiger partial charge in [0.1, 0.15) is 17.5 Å². The maximum Gasteiger partial charge on any atom is 0.123 e. The van der Waals surface area contributed by atoms with Crippen molar-refractivity contribution < 1.29 is 13.2 Å². The van der Waals surface area contributed by atoms with Crippen LogP contribution in [0.25, 0.3) is 22.3 Å². The van der Waals surface area contributed by atoms with E-state index in [1.165, 1.54) is 36.4 Å². The molecule has 3 aliphatic rings. The zero-order valence-corrected chi connectivity index (χ0v) is 26.4. The predicted octanol–water partition coefficient (Wildman–Crippen LogP) is 11.5. The summed E-state index contributed by atoms with van der Waals surface area (Å²) in [5, 5.41) is 0. The summed E-state index contributed by atoms with van der Waals surface area (Å²) in [4.78, 5) is 4.43. The molecule has 6 aromatic rings. The van der Waals surface area contributed by atoms with Crippen molar-refractivity contribution >= 4 is 28.4 Å². The molecule has 9 rings (SSSR count). The zero-order valence-electron chi connectivity index (χ0n) is 26.4. The average Bonchev–Trinajstić information content (AvgIpc) is 3.55. The molecule has 0 aromatic heterocycles. The normalized spacial score (nSPS) is 14.6. The molecule has 1 heterocycles. The lowest BCUT2D eigenvalue weighted by atomic mass is 9.70. The maximum atomic E-state index is 15.3. The topological polar surface area (TPSA) is 6.48 Å². The Bertz CT molecular complexity index is 2360. The van der Waals surface area contributed by atoms with Gasteiger partial charge in [0.05, 0.1) is 28.2 Å². The summed E-state index contributed by atoms with van der Waals surface area (Å²) < 4.78 is 45.8. The van der Waals surface area contributed by atoms with E-state index in [0.717, 1.165) is 62.0 Å². The highest BCUT2D eigenvalue weighted by Gasteiger charge is 2.52. The van der Waals surface area contributed by atoms with Gasteiger partial charge in [-0.15, -0.1) is 6.42 Å². The van der Waals surface area contributed by atoms with Crippen LogP contribution in [0.1, 0.15) is 29.2 Å². The van der Waals surface area contributed by atoms with Gasteiger partial charge in [-0.05, 0) is 136 Å². The highest BCUT2D eigenvalue weighted by atomic mass is 19.1. The molecule has 0 N–H and O–H groups in total. The molecule has 0 atom stereocenters. The fourth-order valence-electron chi connectivity index (χ4n) is 8.19. The quantitative estimate of drug-likeness (QED) is 0.140. The second-order valence-electron chi connectivity index (χ2n) is 12.5. The minimum atomic E-state index is -1.14. The molecular weight excluding hydrogens is 613 g/mol. The van der Waals surface area contributed by atoms with Crippen LogP contribution in [-0.4, -0.2) is 0 Å². The molecule has 49 heavy (non-hydrogen) atoms. The third kappa shape index (κ3) is 3.98. The summed E-state index contributed by atoms with van der Waals surface area (Å²) in [6.07, 6.45) is 11.0. The van der Waals surface area contributed by atoms with Gasteiger partial charge >= 0.3 is 0 Å². The first kappa shape index (κ1) is 28.9. The first-order valence-corrected chi connectivity index (χ1v) is 16.0. The van der Waals surface area contributed by atoms with E-state index in [-0.39, 0.29) is 0 Å². The van der Waals surface area contributed by atoms with Crippen molar-refractivity contribution in [1.82, 2.24) is 0 Å². The molecule has 1 aliphatic heterocycles. The van der Waals surface area contributed by atoms with Crippen LogP contribution in [0.4, 0.5) is 41.6 Å². The van der Waals surface area contributed by atoms with E-state index >= 15 is 13.2 Å². The van der Waals surface area contributed by atoms with Crippen LogP contribution in [0, 0.1) is 29.8 Å². The van der Waals surface area contributed by atoms with Crippen LogP contribution in [0.2, 0.25) is 0 Å². The van der Waals surface area contributed by atoms with E-state index in [4.69, 9.17) is 6.42 Å². The number of fused-ring (bicyclic) bond motifs is 12. The molecule has 6 aromatic carbocycles. The van der Waals surface area contributed by atoms with Crippen LogP contribution < -0.4 is 9.80 Å². The van der Waals surface area contributed by atoms with Gasteiger partial charge in [-0.2, -0.15) is 0 Å². The van der Waals surface area contributed by atoms with Gasteiger partial charge in [-0.25, -0.2) is 13.2 Å². The Morgan fingerprint density at radius 2 is 1.02 bits per heavy atom. The third-order valence-electron chi connectivity index (χ3n) is 10.0. The Kier molecular flexibility index (Phi) is 6.28. The number of terminal acetylenes is 1. The van der Waals surface area contributed by atoms with Crippen molar-refractivity contribution in [2.45, 2.75) is 12.3 Å². The van der Waals surface area contributed by atoms with Gasteiger partial charge < -0.3 is 9.80 Å². The van der Waals surface area contributed by atoms with Gasteiger partial charge in [-0.3, -0.25) is 0 Å². The van der Waals surface area contributed by atoms with E-state index < -0.39 is 22.9 Å². The Morgan fingerprint density at radius 3 is 1.49 bits per heavy atom. The van der Waals surface area contributed by atoms with Gasteiger partial charge in [0.25, 0.3) is 0 Å². The van der Waals surface area contributed by atoms with Gasteiger partial charge in [0, 0.05) is 11.4 Å². The first-order chi connectivity index (χ1) is 23.9. The number of allylic oxidation sites excluding steroid dienone is 4. The van der Waals surface area contributed by atoms with Crippen LogP contribution in [-0.2, 0) is 5.41 Å². The Balaban J connectivity index is 1.33. The fraction of sp³-hybridized carbons (Fsp3) is 0.0455. The SMILES string of the molecule is C#CC=CC=C(C)N1c2ccccc2N(c2ccc3c(c2)C2(c4cc(F)ccc4-c4ccc(F)cc42)c2cc(F)ccc2-3)c2ccccc21. The highest BCUT2D eigenvalue weighted by Crippen LogP contribution is 2.64. The third-order valence-corrected chi connectivity index (χ3v) is 10.0. The number of para-hydroxylation sites is 4. The number of rotatable bonds is 3. The molecule has 0 bridgehead atoms. The van der Waals surface area contributed by atoms with E-state index in [0.29, 0.717) is 16.7 Å². The summed E-state index contributed by atoms with van der Waals surface area (Å²) in [6.45, 7) is 2.05. The van der Waals surface area contributed by atoms with E-state index in [9.17, 15) is 0 Å². The number of hydrogen-bond donors (Lipinski definition) is 0. The molecule has 0 saturated carbocycles. The molecule has 0 fully saturated rings. The van der Waals surface area contributed by atoms with E-state index in [2.05, 4.69) is 58.2 Å². The van der Waals surface area contributed by atoms with Crippen molar-refractivity contribution in [1.29, 1.82) is 0 Å². The molecular formula is C44H27F3N2. The summed E-state index contributed by atoms with van der Waals surface area (Å²) in [7, 11) is 0.